The predicted octanol–water partition coefficient (Wildman–Crippen LogP) is 3.34. The summed E-state index contributed by atoms with van der Waals surface area (Å²) in [7, 11) is 1.52. The first kappa shape index (κ1) is 15.1. The second-order valence-electron chi connectivity index (χ2n) is 3.96. The Morgan fingerprint density at radius 1 is 1.38 bits per heavy atom. The molecule has 2 aromatic rings. The van der Waals surface area contributed by atoms with Gasteiger partial charge in [-0.25, -0.2) is 4.98 Å². The first-order chi connectivity index (χ1) is 10.2. The van der Waals surface area contributed by atoms with E-state index in [9.17, 15) is 0 Å². The molecule has 7 heteroatoms. The Hall–Kier alpha value is -2.33. The average molecular weight is 349 g/mol. The fourth-order valence-electron chi connectivity index (χ4n) is 1.59. The number of anilines is 1. The minimum Gasteiger partial charge on any atom is -0.493 e. The molecular weight excluding hydrogens is 336 g/mol. The van der Waals surface area contributed by atoms with Crippen LogP contribution >= 0.6 is 15.9 Å². The number of ether oxygens (including phenoxy) is 2. The molecule has 1 N–H and O–H groups in total. The van der Waals surface area contributed by atoms with Crippen molar-refractivity contribution in [1.29, 1.82) is 5.26 Å². The van der Waals surface area contributed by atoms with Gasteiger partial charge in [-0.2, -0.15) is 10.2 Å². The molecule has 21 heavy (non-hydrogen) atoms. The molecule has 108 valence electrons. The highest BCUT2D eigenvalue weighted by atomic mass is 79.9. The van der Waals surface area contributed by atoms with Gasteiger partial charge in [0.15, 0.2) is 11.5 Å². The number of benzene rings is 1. The van der Waals surface area contributed by atoms with E-state index in [1.807, 2.05) is 13.0 Å². The van der Waals surface area contributed by atoms with Gasteiger partial charge in [0, 0.05) is 12.6 Å². The lowest BCUT2D eigenvalue weighted by molar-refractivity contribution is 0.373. The van der Waals surface area contributed by atoms with Gasteiger partial charge >= 0.3 is 0 Å². The molecule has 2 rings (SSSR count). The molecule has 0 saturated heterocycles. The zero-order valence-electron chi connectivity index (χ0n) is 11.6. The molecule has 1 aromatic carbocycles. The quantitative estimate of drug-likeness (QED) is 0.892. The van der Waals surface area contributed by atoms with Crippen LogP contribution in [0.5, 0.6) is 17.4 Å². The number of halogens is 1. The summed E-state index contributed by atoms with van der Waals surface area (Å²) in [5.41, 5.74) is 0.495. The Morgan fingerprint density at radius 3 is 2.86 bits per heavy atom. The van der Waals surface area contributed by atoms with E-state index in [1.165, 1.54) is 7.11 Å². The summed E-state index contributed by atoms with van der Waals surface area (Å²) in [4.78, 5) is 8.38. The lowest BCUT2D eigenvalue weighted by Crippen LogP contribution is -2.03. The van der Waals surface area contributed by atoms with Gasteiger partial charge in [0.2, 0.25) is 11.8 Å². The summed E-state index contributed by atoms with van der Waals surface area (Å²) in [5.74, 6) is 1.77. The number of nitrogens with one attached hydrogen (secondary N) is 1. The van der Waals surface area contributed by atoms with Gasteiger partial charge in [0.1, 0.15) is 0 Å². The smallest absolute Gasteiger partial charge is 0.238 e. The van der Waals surface area contributed by atoms with E-state index in [0.29, 0.717) is 39.9 Å². The van der Waals surface area contributed by atoms with Gasteiger partial charge in [-0.05, 0) is 35.0 Å². The minimum absolute atomic E-state index is 0.365. The van der Waals surface area contributed by atoms with Crippen molar-refractivity contribution >= 4 is 21.9 Å². The van der Waals surface area contributed by atoms with Crippen LogP contribution in [-0.4, -0.2) is 23.6 Å². The second-order valence-corrected chi connectivity index (χ2v) is 4.81. The van der Waals surface area contributed by atoms with E-state index in [-0.39, 0.29) is 0 Å². The molecule has 0 amide bonds. The largest absolute Gasteiger partial charge is 0.493 e. The highest BCUT2D eigenvalue weighted by Gasteiger charge is 2.11. The van der Waals surface area contributed by atoms with Gasteiger partial charge in [0.25, 0.3) is 0 Å². The van der Waals surface area contributed by atoms with Crippen molar-refractivity contribution in [2.45, 2.75) is 6.92 Å². The number of nitriles is 1. The Labute approximate surface area is 130 Å². The number of aromatic nitrogens is 2. The normalized spacial score (nSPS) is 9.81. The molecule has 1 heterocycles. The van der Waals surface area contributed by atoms with Crippen molar-refractivity contribution in [2.24, 2.45) is 0 Å². The van der Waals surface area contributed by atoms with E-state index < -0.39 is 0 Å². The Bertz CT molecular complexity index is 685. The van der Waals surface area contributed by atoms with Crippen LogP contribution < -0.4 is 14.8 Å². The average Bonchev–Trinajstić information content (AvgIpc) is 2.51. The molecule has 0 radical (unpaired) electrons. The molecule has 0 aliphatic heterocycles. The summed E-state index contributed by atoms with van der Waals surface area (Å²) in [6.45, 7) is 2.66. The van der Waals surface area contributed by atoms with Crippen molar-refractivity contribution < 1.29 is 9.47 Å². The number of rotatable bonds is 5. The Kier molecular flexibility index (Phi) is 4.95. The molecule has 0 aliphatic rings. The maximum absolute atomic E-state index is 8.89. The fourth-order valence-corrected chi connectivity index (χ4v) is 1.86. The monoisotopic (exact) mass is 348 g/mol. The first-order valence-electron chi connectivity index (χ1n) is 6.20. The van der Waals surface area contributed by atoms with Gasteiger partial charge < -0.3 is 14.8 Å². The molecule has 1 aromatic heterocycles. The van der Waals surface area contributed by atoms with Gasteiger partial charge in [0.05, 0.1) is 29.4 Å². The molecule has 0 fully saturated rings. The Morgan fingerprint density at radius 2 is 2.19 bits per heavy atom. The van der Waals surface area contributed by atoms with Crippen molar-refractivity contribution in [2.75, 3.05) is 19.0 Å². The first-order valence-corrected chi connectivity index (χ1v) is 6.99. The van der Waals surface area contributed by atoms with Crippen molar-refractivity contribution in [3.8, 4) is 23.4 Å². The van der Waals surface area contributed by atoms with E-state index in [2.05, 4.69) is 31.2 Å². The van der Waals surface area contributed by atoms with Gasteiger partial charge in [-0.3, -0.25) is 0 Å². The molecule has 6 nitrogen and oxygen atoms in total. The third-order valence-electron chi connectivity index (χ3n) is 2.55. The maximum Gasteiger partial charge on any atom is 0.238 e. The molecule has 0 atom stereocenters. The molecule has 0 saturated carbocycles. The van der Waals surface area contributed by atoms with Crippen LogP contribution in [0.3, 0.4) is 0 Å². The van der Waals surface area contributed by atoms with Crippen LogP contribution in [-0.2, 0) is 0 Å². The maximum atomic E-state index is 8.89. The lowest BCUT2D eigenvalue weighted by atomic mass is 10.2. The van der Waals surface area contributed by atoms with Crippen LogP contribution in [0.15, 0.2) is 28.9 Å². The lowest BCUT2D eigenvalue weighted by Gasteiger charge is -2.11. The highest BCUT2D eigenvalue weighted by Crippen LogP contribution is 2.34. The summed E-state index contributed by atoms with van der Waals surface area (Å²) >= 11 is 3.34. The number of hydrogen-bond donors (Lipinski definition) is 1. The zero-order valence-corrected chi connectivity index (χ0v) is 13.1. The van der Waals surface area contributed by atoms with Crippen LogP contribution in [0.4, 0.5) is 5.95 Å². The molecule has 0 aliphatic carbocycles. The predicted molar refractivity (Wildman–Crippen MR) is 81.7 cm³/mol. The SMILES string of the molecule is CCNc1ncc(Br)c(Oc2ccc(C#N)cc2OC)n1. The van der Waals surface area contributed by atoms with Crippen LogP contribution in [0, 0.1) is 11.3 Å². The summed E-state index contributed by atoms with van der Waals surface area (Å²) in [6.07, 6.45) is 1.61. The van der Waals surface area contributed by atoms with Crippen LogP contribution in [0.1, 0.15) is 12.5 Å². The third kappa shape index (κ3) is 3.61. The van der Waals surface area contributed by atoms with E-state index in [0.717, 1.165) is 0 Å². The zero-order chi connectivity index (χ0) is 15.2. The second kappa shape index (κ2) is 6.90. The topological polar surface area (TPSA) is 80.1 Å². The van der Waals surface area contributed by atoms with E-state index in [4.69, 9.17) is 14.7 Å². The standard InChI is InChI=1S/C14H13BrN4O2/c1-3-17-14-18-8-10(15)13(19-14)21-11-5-4-9(7-16)6-12(11)20-2/h4-6,8H,3H2,1-2H3,(H,17,18,19). The molecular formula is C14H13BrN4O2. The highest BCUT2D eigenvalue weighted by molar-refractivity contribution is 9.10. The fraction of sp³-hybridized carbons (Fsp3) is 0.214. The van der Waals surface area contributed by atoms with E-state index >= 15 is 0 Å². The summed E-state index contributed by atoms with van der Waals surface area (Å²) in [6, 6.07) is 6.97. The number of methoxy groups -OCH3 is 1. The molecule has 0 bridgehead atoms. The van der Waals surface area contributed by atoms with Crippen molar-refractivity contribution in [1.82, 2.24) is 9.97 Å². The van der Waals surface area contributed by atoms with Gasteiger partial charge in [-0.1, -0.05) is 0 Å². The third-order valence-corrected chi connectivity index (χ3v) is 3.09. The molecule has 0 unspecified atom stereocenters. The number of hydrogen-bond acceptors (Lipinski definition) is 6. The van der Waals surface area contributed by atoms with Crippen molar-refractivity contribution in [3.05, 3.63) is 34.4 Å². The number of nitrogens with zero attached hydrogens (tertiary/aromatic N) is 3. The molecule has 0 spiro atoms. The Balaban J connectivity index is 2.33. The van der Waals surface area contributed by atoms with Crippen molar-refractivity contribution in [3.63, 3.8) is 0 Å². The summed E-state index contributed by atoms with van der Waals surface area (Å²) < 4.78 is 11.6. The van der Waals surface area contributed by atoms with Crippen LogP contribution in [0.2, 0.25) is 0 Å². The minimum atomic E-state index is 0.365. The van der Waals surface area contributed by atoms with Crippen LogP contribution in [0.25, 0.3) is 0 Å². The van der Waals surface area contributed by atoms with E-state index in [1.54, 1.807) is 24.4 Å². The summed E-state index contributed by atoms with van der Waals surface area (Å²) in [5, 5.41) is 11.9. The van der Waals surface area contributed by atoms with Gasteiger partial charge in [-0.15, -0.1) is 0 Å².